The third-order valence-electron chi connectivity index (χ3n) is 5.50. The number of benzene rings is 2. The summed E-state index contributed by atoms with van der Waals surface area (Å²) in [5.74, 6) is 1.97. The Morgan fingerprint density at radius 3 is 2.57 bits per heavy atom. The van der Waals surface area contributed by atoms with Crippen LogP contribution in [0.4, 0.5) is 17.0 Å². The Hall–Kier alpha value is -2.73. The number of ether oxygens (including phenoxy) is 1. The highest BCUT2D eigenvalue weighted by Crippen LogP contribution is 2.35. The van der Waals surface area contributed by atoms with Crippen molar-refractivity contribution in [3.8, 4) is 16.2 Å². The summed E-state index contributed by atoms with van der Waals surface area (Å²) in [7, 11) is 3.79. The number of hydrogen-bond donors (Lipinski definition) is 1. The fraction of sp³-hybridized carbons (Fsp3) is 0.250. The van der Waals surface area contributed by atoms with E-state index in [0.717, 1.165) is 56.9 Å². The van der Waals surface area contributed by atoms with Crippen LogP contribution in [-0.4, -0.2) is 65.2 Å². The van der Waals surface area contributed by atoms with Crippen LogP contribution in [0.25, 0.3) is 10.4 Å². The molecule has 0 spiro atoms. The van der Waals surface area contributed by atoms with E-state index in [1.807, 2.05) is 42.6 Å². The number of anilines is 3. The number of aromatic nitrogens is 4. The molecule has 3 heterocycles. The van der Waals surface area contributed by atoms with E-state index < -0.39 is 0 Å². The van der Waals surface area contributed by atoms with Gasteiger partial charge in [0.25, 0.3) is 0 Å². The molecule has 35 heavy (non-hydrogen) atoms. The van der Waals surface area contributed by atoms with Crippen LogP contribution in [0.3, 0.4) is 0 Å². The molecule has 0 aliphatic carbocycles. The van der Waals surface area contributed by atoms with Crippen LogP contribution in [0, 0.1) is 0 Å². The predicted octanol–water partition coefficient (Wildman–Crippen LogP) is 5.41. The maximum Gasteiger partial charge on any atom is 0.234 e. The van der Waals surface area contributed by atoms with Gasteiger partial charge in [-0.3, -0.25) is 5.32 Å². The normalized spacial score (nSPS) is 14.2. The standard InChI is InChI=1S/C24H24BrN7OS2/c1-31-10-12-32(13-11-31)22-27-21(29-24(30-22)34-17-6-4-3-5-7-17)28-23-26-15-20(35-23)16-8-9-19(33-2)18(25)14-16/h3-9,14-15H,10-13H2,1-2H3,(H,26,27,28,29,30). The quantitative estimate of drug-likeness (QED) is 0.314. The van der Waals surface area contributed by atoms with Gasteiger partial charge in [-0.2, -0.15) is 15.0 Å². The number of likely N-dealkylation sites (N-methyl/N-ethyl adjacent to an activating group) is 1. The SMILES string of the molecule is COc1ccc(-c2cnc(Nc3nc(Sc4ccccc4)nc(N4CCN(C)CC4)n3)s2)cc1Br. The maximum absolute atomic E-state index is 5.34. The van der Waals surface area contributed by atoms with E-state index in [0.29, 0.717) is 17.1 Å². The van der Waals surface area contributed by atoms with Crippen LogP contribution in [0.15, 0.2) is 69.3 Å². The predicted molar refractivity (Wildman–Crippen MR) is 145 cm³/mol. The topological polar surface area (TPSA) is 79.3 Å². The number of rotatable bonds is 7. The lowest BCUT2D eigenvalue weighted by Crippen LogP contribution is -2.45. The molecule has 2 aromatic carbocycles. The fourth-order valence-corrected chi connectivity index (χ4v) is 5.68. The van der Waals surface area contributed by atoms with Crippen molar-refractivity contribution in [2.45, 2.75) is 10.1 Å². The van der Waals surface area contributed by atoms with Gasteiger partial charge in [0.2, 0.25) is 11.9 Å². The largest absolute Gasteiger partial charge is 0.496 e. The lowest BCUT2D eigenvalue weighted by molar-refractivity contribution is 0.311. The Morgan fingerprint density at radius 2 is 1.83 bits per heavy atom. The second kappa shape index (κ2) is 10.9. The number of piperazine rings is 1. The second-order valence-corrected chi connectivity index (χ2v) is 10.9. The van der Waals surface area contributed by atoms with E-state index in [9.17, 15) is 0 Å². The van der Waals surface area contributed by atoms with E-state index >= 15 is 0 Å². The molecule has 11 heteroatoms. The average molecular weight is 571 g/mol. The zero-order valence-corrected chi connectivity index (χ0v) is 22.5. The zero-order chi connectivity index (χ0) is 24.2. The van der Waals surface area contributed by atoms with E-state index in [2.05, 4.69) is 60.2 Å². The van der Waals surface area contributed by atoms with E-state index in [1.165, 1.54) is 11.8 Å². The molecule has 0 unspecified atom stereocenters. The highest BCUT2D eigenvalue weighted by Gasteiger charge is 2.19. The van der Waals surface area contributed by atoms with Gasteiger partial charge in [0, 0.05) is 37.3 Å². The number of nitrogens with one attached hydrogen (secondary N) is 1. The van der Waals surface area contributed by atoms with Crippen molar-refractivity contribution in [1.29, 1.82) is 0 Å². The van der Waals surface area contributed by atoms with Crippen molar-refractivity contribution in [2.24, 2.45) is 0 Å². The molecule has 0 atom stereocenters. The van der Waals surface area contributed by atoms with Crippen LogP contribution in [0.5, 0.6) is 5.75 Å². The van der Waals surface area contributed by atoms with Crippen molar-refractivity contribution >= 4 is 56.1 Å². The molecule has 180 valence electrons. The first-order valence-corrected chi connectivity index (χ1v) is 13.5. The summed E-state index contributed by atoms with van der Waals surface area (Å²) in [6.07, 6.45) is 1.85. The van der Waals surface area contributed by atoms with Gasteiger partial charge in [0.05, 0.1) is 16.5 Å². The highest BCUT2D eigenvalue weighted by molar-refractivity contribution is 9.10. The van der Waals surface area contributed by atoms with Gasteiger partial charge in [0.1, 0.15) is 5.75 Å². The van der Waals surface area contributed by atoms with Crippen LogP contribution in [0.1, 0.15) is 0 Å². The molecule has 1 aliphatic heterocycles. The maximum atomic E-state index is 5.34. The van der Waals surface area contributed by atoms with Gasteiger partial charge in [0.15, 0.2) is 10.3 Å². The van der Waals surface area contributed by atoms with Gasteiger partial charge in [-0.05, 0) is 70.6 Å². The summed E-state index contributed by atoms with van der Waals surface area (Å²) in [6.45, 7) is 3.71. The molecule has 0 amide bonds. The molecule has 0 radical (unpaired) electrons. The minimum atomic E-state index is 0.490. The Kier molecular flexibility index (Phi) is 7.47. The van der Waals surface area contributed by atoms with Crippen molar-refractivity contribution in [1.82, 2.24) is 24.8 Å². The number of hydrogen-bond acceptors (Lipinski definition) is 10. The fourth-order valence-electron chi connectivity index (χ4n) is 3.57. The highest BCUT2D eigenvalue weighted by atomic mass is 79.9. The van der Waals surface area contributed by atoms with E-state index in [-0.39, 0.29) is 0 Å². The summed E-state index contributed by atoms with van der Waals surface area (Å²) in [6, 6.07) is 16.1. The minimum Gasteiger partial charge on any atom is -0.496 e. The number of thiazole rings is 1. The molecular formula is C24H24BrN7OS2. The van der Waals surface area contributed by atoms with Crippen molar-refractivity contribution in [3.63, 3.8) is 0 Å². The molecule has 4 aromatic rings. The Labute approximate surface area is 220 Å². The Balaban J connectivity index is 1.41. The minimum absolute atomic E-state index is 0.490. The van der Waals surface area contributed by atoms with Gasteiger partial charge in [-0.1, -0.05) is 29.5 Å². The monoisotopic (exact) mass is 569 g/mol. The smallest absolute Gasteiger partial charge is 0.234 e. The van der Waals surface area contributed by atoms with Crippen LogP contribution >= 0.6 is 39.0 Å². The van der Waals surface area contributed by atoms with Gasteiger partial charge >= 0.3 is 0 Å². The molecule has 1 N–H and O–H groups in total. The van der Waals surface area contributed by atoms with Crippen molar-refractivity contribution in [3.05, 3.63) is 59.2 Å². The molecule has 1 fully saturated rings. The van der Waals surface area contributed by atoms with Gasteiger partial charge in [-0.15, -0.1) is 0 Å². The molecule has 0 bridgehead atoms. The first-order chi connectivity index (χ1) is 17.1. The first-order valence-electron chi connectivity index (χ1n) is 11.1. The third kappa shape index (κ3) is 5.92. The van der Waals surface area contributed by atoms with Crippen LogP contribution in [-0.2, 0) is 0 Å². The number of halogens is 1. The van der Waals surface area contributed by atoms with E-state index in [1.54, 1.807) is 18.4 Å². The molecule has 0 saturated carbocycles. The Morgan fingerprint density at radius 1 is 1.03 bits per heavy atom. The average Bonchev–Trinajstić information content (AvgIpc) is 3.33. The molecule has 1 saturated heterocycles. The van der Waals surface area contributed by atoms with Gasteiger partial charge in [-0.25, -0.2) is 4.98 Å². The lowest BCUT2D eigenvalue weighted by atomic mass is 10.2. The van der Waals surface area contributed by atoms with Crippen molar-refractivity contribution < 1.29 is 4.74 Å². The summed E-state index contributed by atoms with van der Waals surface area (Å²) in [4.78, 5) is 25.4. The molecule has 1 aliphatic rings. The van der Waals surface area contributed by atoms with Crippen LogP contribution in [0.2, 0.25) is 0 Å². The first kappa shape index (κ1) is 24.0. The van der Waals surface area contributed by atoms with Crippen molar-refractivity contribution in [2.75, 3.05) is 50.6 Å². The summed E-state index contributed by atoms with van der Waals surface area (Å²) in [5, 5.41) is 4.68. The number of methoxy groups -OCH3 is 1. The second-order valence-electron chi connectivity index (χ2n) is 7.95. The molecule has 2 aromatic heterocycles. The Bertz CT molecular complexity index is 1300. The van der Waals surface area contributed by atoms with Crippen LogP contribution < -0.4 is 15.0 Å². The summed E-state index contributed by atoms with van der Waals surface area (Å²) >= 11 is 6.62. The van der Waals surface area contributed by atoms with Gasteiger partial charge < -0.3 is 14.5 Å². The molecule has 8 nitrogen and oxygen atoms in total. The third-order valence-corrected chi connectivity index (χ3v) is 7.96. The van der Waals surface area contributed by atoms with E-state index in [4.69, 9.17) is 14.7 Å². The lowest BCUT2D eigenvalue weighted by Gasteiger charge is -2.32. The summed E-state index contributed by atoms with van der Waals surface area (Å²) < 4.78 is 6.24. The summed E-state index contributed by atoms with van der Waals surface area (Å²) in [5.41, 5.74) is 1.05. The zero-order valence-electron chi connectivity index (χ0n) is 19.3. The molecule has 5 rings (SSSR count). The number of nitrogens with zero attached hydrogens (tertiary/aromatic N) is 6. The molecular weight excluding hydrogens is 546 g/mol.